The first kappa shape index (κ1) is 26.5. The van der Waals surface area contributed by atoms with Crippen LogP contribution in [0.25, 0.3) is 16.6 Å². The maximum absolute atomic E-state index is 14.6. The largest absolute Gasteiger partial charge is 0.444 e. The number of nitrogens with one attached hydrogen (secondary N) is 1. The molecule has 206 valence electrons. The maximum Gasteiger partial charge on any atom is 0.410 e. The average molecular weight is 536 g/mol. The summed E-state index contributed by atoms with van der Waals surface area (Å²) in [5.41, 5.74) is 2.56. The summed E-state index contributed by atoms with van der Waals surface area (Å²) in [5, 5.41) is 8.33. The number of anilines is 2. The van der Waals surface area contributed by atoms with Gasteiger partial charge in [0.25, 0.3) is 5.91 Å². The highest BCUT2D eigenvalue weighted by Gasteiger charge is 2.32. The predicted octanol–water partition coefficient (Wildman–Crippen LogP) is 4.85. The van der Waals surface area contributed by atoms with E-state index in [4.69, 9.17) is 4.74 Å². The normalized spacial score (nSPS) is 15.8. The zero-order valence-corrected chi connectivity index (χ0v) is 23.2. The smallest absolute Gasteiger partial charge is 0.410 e. The number of ether oxygens (including phenoxy) is 1. The van der Waals surface area contributed by atoms with Crippen LogP contribution in [0.5, 0.6) is 0 Å². The topological polar surface area (TPSA) is 97.0 Å². The van der Waals surface area contributed by atoms with E-state index < -0.39 is 11.4 Å². The Morgan fingerprint density at radius 1 is 1.23 bits per heavy atom. The lowest BCUT2D eigenvalue weighted by molar-refractivity contribution is 0.0237. The number of imidazole rings is 1. The van der Waals surface area contributed by atoms with Crippen LogP contribution in [-0.2, 0) is 11.3 Å². The van der Waals surface area contributed by atoms with Gasteiger partial charge >= 0.3 is 6.09 Å². The van der Waals surface area contributed by atoms with Crippen LogP contribution < -0.4 is 10.2 Å². The van der Waals surface area contributed by atoms with Crippen molar-refractivity contribution >= 4 is 39.9 Å². The number of likely N-dealkylation sites (N-methyl/N-ethyl adjacent to an activating group) is 1. The van der Waals surface area contributed by atoms with Crippen LogP contribution in [0.1, 0.15) is 50.2 Å². The molecule has 0 spiro atoms. The molecule has 1 aliphatic heterocycles. The Bertz CT molecular complexity index is 1570. The number of nitrogens with zero attached hydrogens (tertiary/aromatic N) is 6. The highest BCUT2D eigenvalue weighted by atomic mass is 19.1. The highest BCUT2D eigenvalue weighted by molar-refractivity contribution is 6.14. The van der Waals surface area contributed by atoms with Crippen molar-refractivity contribution in [2.45, 2.75) is 59.2 Å². The summed E-state index contributed by atoms with van der Waals surface area (Å²) in [5.74, 6) is -0.899. The van der Waals surface area contributed by atoms with E-state index in [1.807, 2.05) is 40.0 Å². The van der Waals surface area contributed by atoms with Gasteiger partial charge in [0.1, 0.15) is 11.1 Å². The lowest BCUT2D eigenvalue weighted by Gasteiger charge is -2.29. The van der Waals surface area contributed by atoms with Crippen molar-refractivity contribution in [3.8, 4) is 0 Å². The second kappa shape index (κ2) is 9.87. The van der Waals surface area contributed by atoms with E-state index in [1.54, 1.807) is 46.4 Å². The lowest BCUT2D eigenvalue weighted by atomic mass is 10.1. The SMILES string of the molecule is CCn1cc2c(N3CCC(N(C)C(=O)OC(C)(C)C)C3)ccc(C(=O)Nc3cc(F)c4nc(C)cn4c3)c2n1. The molecule has 0 aliphatic carbocycles. The molecule has 3 aromatic heterocycles. The van der Waals surface area contributed by atoms with Crippen molar-refractivity contribution in [2.75, 3.05) is 30.4 Å². The van der Waals surface area contributed by atoms with Crippen LogP contribution in [0, 0.1) is 12.7 Å². The van der Waals surface area contributed by atoms with Crippen molar-refractivity contribution in [1.82, 2.24) is 24.1 Å². The Balaban J connectivity index is 1.40. The molecule has 1 saturated heterocycles. The van der Waals surface area contributed by atoms with Crippen LogP contribution in [0.4, 0.5) is 20.6 Å². The van der Waals surface area contributed by atoms with Crippen LogP contribution in [0.15, 0.2) is 36.8 Å². The number of fused-ring (bicyclic) bond motifs is 2. The van der Waals surface area contributed by atoms with E-state index in [0.29, 0.717) is 35.6 Å². The number of pyridine rings is 1. The number of benzene rings is 1. The molecule has 0 bridgehead atoms. The van der Waals surface area contributed by atoms with Gasteiger partial charge < -0.3 is 24.3 Å². The minimum atomic E-state index is -0.559. The molecule has 11 heteroatoms. The molecule has 10 nitrogen and oxygen atoms in total. The Kier molecular flexibility index (Phi) is 6.69. The van der Waals surface area contributed by atoms with Crippen molar-refractivity contribution in [1.29, 1.82) is 0 Å². The fraction of sp³-hybridized carbons (Fsp3) is 0.429. The highest BCUT2D eigenvalue weighted by Crippen LogP contribution is 2.33. The number of carbonyl (C=O) groups excluding carboxylic acids is 2. The third-order valence-electron chi connectivity index (χ3n) is 6.89. The number of aryl methyl sites for hydroxylation is 2. The van der Waals surface area contributed by atoms with Gasteiger partial charge in [0.15, 0.2) is 11.5 Å². The third-order valence-corrected chi connectivity index (χ3v) is 6.89. The van der Waals surface area contributed by atoms with E-state index in [2.05, 4.69) is 20.3 Å². The number of halogens is 1. The summed E-state index contributed by atoms with van der Waals surface area (Å²) >= 11 is 0. The molecule has 1 atom stereocenters. The molecule has 4 heterocycles. The molecule has 5 rings (SSSR count). The average Bonchev–Trinajstić information content (AvgIpc) is 3.59. The lowest BCUT2D eigenvalue weighted by Crippen LogP contribution is -2.42. The molecular formula is C28H34FN7O3. The Morgan fingerprint density at radius 3 is 2.72 bits per heavy atom. The number of carbonyl (C=O) groups is 2. The zero-order valence-electron chi connectivity index (χ0n) is 23.2. The van der Waals surface area contributed by atoms with Crippen molar-refractivity contribution in [3.63, 3.8) is 0 Å². The van der Waals surface area contributed by atoms with Crippen LogP contribution in [0.3, 0.4) is 0 Å². The van der Waals surface area contributed by atoms with E-state index in [-0.39, 0.29) is 23.7 Å². The van der Waals surface area contributed by atoms with Gasteiger partial charge in [-0.15, -0.1) is 0 Å². The van der Waals surface area contributed by atoms with Gasteiger partial charge in [0.05, 0.1) is 23.0 Å². The molecule has 0 saturated carbocycles. The van der Waals surface area contributed by atoms with Gasteiger partial charge in [0.2, 0.25) is 0 Å². The van der Waals surface area contributed by atoms with E-state index in [0.717, 1.165) is 24.0 Å². The fourth-order valence-electron chi connectivity index (χ4n) is 4.97. The van der Waals surface area contributed by atoms with Crippen LogP contribution >= 0.6 is 0 Å². The molecule has 1 aliphatic rings. The van der Waals surface area contributed by atoms with Gasteiger partial charge in [-0.1, -0.05) is 0 Å². The van der Waals surface area contributed by atoms with E-state index in [1.165, 1.54) is 6.07 Å². The Hall–Kier alpha value is -4.15. The predicted molar refractivity (Wildman–Crippen MR) is 148 cm³/mol. The molecule has 39 heavy (non-hydrogen) atoms. The summed E-state index contributed by atoms with van der Waals surface area (Å²) in [6.07, 6.45) is 5.73. The van der Waals surface area contributed by atoms with E-state index >= 15 is 0 Å². The number of amides is 2. The fourth-order valence-corrected chi connectivity index (χ4v) is 4.97. The number of aromatic nitrogens is 4. The van der Waals surface area contributed by atoms with E-state index in [9.17, 15) is 14.0 Å². The Labute approximate surface area is 226 Å². The van der Waals surface area contributed by atoms with Gasteiger partial charge in [-0.05, 0) is 53.2 Å². The first-order valence-electron chi connectivity index (χ1n) is 13.1. The van der Waals surface area contributed by atoms with Crippen molar-refractivity contribution in [3.05, 3.63) is 53.9 Å². The second-order valence-corrected chi connectivity index (χ2v) is 11.0. The molecule has 1 N–H and O–H groups in total. The summed E-state index contributed by atoms with van der Waals surface area (Å²) in [4.78, 5) is 34.0. The van der Waals surface area contributed by atoms with Crippen molar-refractivity contribution in [2.24, 2.45) is 0 Å². The monoisotopic (exact) mass is 535 g/mol. The van der Waals surface area contributed by atoms with Crippen LogP contribution in [-0.4, -0.2) is 67.8 Å². The molecule has 0 radical (unpaired) electrons. The third kappa shape index (κ3) is 5.25. The maximum atomic E-state index is 14.6. The molecule has 4 aromatic rings. The Morgan fingerprint density at radius 2 is 2.00 bits per heavy atom. The summed E-state index contributed by atoms with van der Waals surface area (Å²) in [7, 11) is 1.77. The standard InChI is InChI=1S/C28H34FN7O3/c1-7-36-16-21-23(34-11-10-19(15-34)33(6)27(38)39-28(3,4)5)9-8-20(24(21)32-36)26(37)31-18-12-22(29)25-30-17(2)13-35(25)14-18/h8-9,12-14,16,19H,7,10-11,15H2,1-6H3,(H,31,37). The minimum Gasteiger partial charge on any atom is -0.444 e. The quantitative estimate of drug-likeness (QED) is 0.393. The van der Waals surface area contributed by atoms with Gasteiger partial charge in [-0.2, -0.15) is 5.10 Å². The molecule has 1 aromatic carbocycles. The molecular weight excluding hydrogens is 501 g/mol. The van der Waals surface area contributed by atoms with Crippen molar-refractivity contribution < 1.29 is 18.7 Å². The van der Waals surface area contributed by atoms with Crippen LogP contribution in [0.2, 0.25) is 0 Å². The number of hydrogen-bond donors (Lipinski definition) is 1. The van der Waals surface area contributed by atoms with Gasteiger partial charge in [-0.25, -0.2) is 14.2 Å². The first-order chi connectivity index (χ1) is 18.4. The summed E-state index contributed by atoms with van der Waals surface area (Å²) in [6.45, 7) is 11.4. The number of hydrogen-bond acceptors (Lipinski definition) is 6. The first-order valence-corrected chi connectivity index (χ1v) is 13.1. The molecule has 1 fully saturated rings. The van der Waals surface area contributed by atoms with Gasteiger partial charge in [0, 0.05) is 62.4 Å². The number of rotatable bonds is 5. The molecule has 2 amide bonds. The summed E-state index contributed by atoms with van der Waals surface area (Å²) in [6, 6.07) is 4.93. The summed E-state index contributed by atoms with van der Waals surface area (Å²) < 4.78 is 23.5. The zero-order chi connectivity index (χ0) is 28.1. The second-order valence-electron chi connectivity index (χ2n) is 11.0. The molecule has 1 unspecified atom stereocenters. The van der Waals surface area contributed by atoms with Gasteiger partial charge in [-0.3, -0.25) is 9.48 Å². The minimum absolute atomic E-state index is 0.00396.